The van der Waals surface area contributed by atoms with Crippen molar-refractivity contribution < 1.29 is 9.47 Å². The molecule has 5 heteroatoms. The van der Waals surface area contributed by atoms with Crippen LogP contribution in [0, 0.1) is 0 Å². The highest BCUT2D eigenvalue weighted by Crippen LogP contribution is 2.27. The molecule has 2 aromatic rings. The molecule has 5 nitrogen and oxygen atoms in total. The molecule has 0 spiro atoms. The molecule has 1 heterocycles. The zero-order chi connectivity index (χ0) is 15.1. The smallest absolute Gasteiger partial charge is 0.212 e. The molecule has 2 rings (SSSR count). The second kappa shape index (κ2) is 7.61. The average molecular weight is 287 g/mol. The molecule has 0 amide bonds. The number of para-hydroxylation sites is 1. The van der Waals surface area contributed by atoms with Gasteiger partial charge in [0.1, 0.15) is 5.75 Å². The van der Waals surface area contributed by atoms with Crippen LogP contribution in [0.2, 0.25) is 0 Å². The molecule has 0 saturated carbocycles. The van der Waals surface area contributed by atoms with Crippen LogP contribution >= 0.6 is 0 Å². The topological polar surface area (TPSA) is 69.4 Å². The number of nitrogens with zero attached hydrogens (tertiary/aromatic N) is 1. The zero-order valence-corrected chi connectivity index (χ0v) is 12.4. The Balaban J connectivity index is 2.19. The fourth-order valence-corrected chi connectivity index (χ4v) is 2.20. The van der Waals surface area contributed by atoms with E-state index in [0.717, 1.165) is 23.3 Å². The number of benzene rings is 1. The van der Waals surface area contributed by atoms with Gasteiger partial charge in [0.2, 0.25) is 5.88 Å². The molecule has 1 aromatic heterocycles. The van der Waals surface area contributed by atoms with Crippen LogP contribution < -0.4 is 20.7 Å². The molecule has 0 saturated heterocycles. The van der Waals surface area contributed by atoms with Crippen molar-refractivity contribution in [3.05, 3.63) is 53.7 Å². The highest BCUT2D eigenvalue weighted by atomic mass is 16.5. The van der Waals surface area contributed by atoms with Gasteiger partial charge in [0.15, 0.2) is 0 Å². The van der Waals surface area contributed by atoms with Crippen molar-refractivity contribution in [2.75, 3.05) is 13.7 Å². The van der Waals surface area contributed by atoms with Gasteiger partial charge in [-0.2, -0.15) is 0 Å². The monoisotopic (exact) mass is 287 g/mol. The molecule has 0 aliphatic carbocycles. The van der Waals surface area contributed by atoms with Crippen molar-refractivity contribution in [1.82, 2.24) is 10.4 Å². The Morgan fingerprint density at radius 2 is 2.05 bits per heavy atom. The van der Waals surface area contributed by atoms with Crippen LogP contribution in [0.15, 0.2) is 42.6 Å². The van der Waals surface area contributed by atoms with Crippen molar-refractivity contribution in [1.29, 1.82) is 0 Å². The van der Waals surface area contributed by atoms with Crippen LogP contribution in [-0.4, -0.2) is 18.7 Å². The predicted octanol–water partition coefficient (Wildman–Crippen LogP) is 2.24. The van der Waals surface area contributed by atoms with E-state index in [9.17, 15) is 0 Å². The lowest BCUT2D eigenvalue weighted by molar-refractivity contribution is 0.331. The summed E-state index contributed by atoms with van der Waals surface area (Å²) >= 11 is 0. The first-order valence-corrected chi connectivity index (χ1v) is 6.95. The van der Waals surface area contributed by atoms with E-state index in [2.05, 4.69) is 10.4 Å². The van der Waals surface area contributed by atoms with E-state index in [-0.39, 0.29) is 6.04 Å². The summed E-state index contributed by atoms with van der Waals surface area (Å²) in [7, 11) is 1.60. The van der Waals surface area contributed by atoms with Gasteiger partial charge in [-0.25, -0.2) is 4.98 Å². The Morgan fingerprint density at radius 1 is 1.24 bits per heavy atom. The Hall–Kier alpha value is -2.11. The highest BCUT2D eigenvalue weighted by molar-refractivity contribution is 5.37. The molecule has 112 valence electrons. The molecule has 0 bridgehead atoms. The number of nitrogens with two attached hydrogens (primary N) is 1. The third-order valence-electron chi connectivity index (χ3n) is 3.24. The van der Waals surface area contributed by atoms with E-state index in [1.54, 1.807) is 13.3 Å². The van der Waals surface area contributed by atoms with Crippen LogP contribution in [0.1, 0.15) is 24.1 Å². The standard InChI is InChI=1S/C16H21N3O2/c1-3-21-15-7-5-4-6-13(15)14(19-17)10-12-8-9-16(20-2)18-11-12/h4-9,11,14,19H,3,10,17H2,1-2H3. The molecule has 0 fully saturated rings. The lowest BCUT2D eigenvalue weighted by atomic mass is 9.99. The average Bonchev–Trinajstić information content (AvgIpc) is 2.54. The summed E-state index contributed by atoms with van der Waals surface area (Å²) in [5.74, 6) is 7.18. The van der Waals surface area contributed by atoms with Gasteiger partial charge in [0.25, 0.3) is 0 Å². The predicted molar refractivity (Wildman–Crippen MR) is 82.2 cm³/mol. The first kappa shape index (κ1) is 15.3. The van der Waals surface area contributed by atoms with Crippen LogP contribution in [0.4, 0.5) is 0 Å². The first-order chi connectivity index (χ1) is 10.3. The maximum Gasteiger partial charge on any atom is 0.212 e. The third-order valence-corrected chi connectivity index (χ3v) is 3.24. The molecule has 1 atom stereocenters. The number of ether oxygens (including phenoxy) is 2. The van der Waals surface area contributed by atoms with Gasteiger partial charge in [-0.15, -0.1) is 0 Å². The van der Waals surface area contributed by atoms with Crippen molar-refractivity contribution in [3.63, 3.8) is 0 Å². The van der Waals surface area contributed by atoms with E-state index in [0.29, 0.717) is 12.5 Å². The zero-order valence-electron chi connectivity index (χ0n) is 12.4. The summed E-state index contributed by atoms with van der Waals surface area (Å²) in [6.45, 7) is 2.59. The van der Waals surface area contributed by atoms with Gasteiger partial charge in [-0.1, -0.05) is 24.3 Å². The Labute approximate surface area is 125 Å². The van der Waals surface area contributed by atoms with Crippen molar-refractivity contribution >= 4 is 0 Å². The fourth-order valence-electron chi connectivity index (χ4n) is 2.20. The number of rotatable bonds is 7. The minimum Gasteiger partial charge on any atom is -0.494 e. The lowest BCUT2D eigenvalue weighted by Crippen LogP contribution is -2.30. The molecule has 1 unspecified atom stereocenters. The molecular formula is C16H21N3O2. The normalized spacial score (nSPS) is 12.0. The third kappa shape index (κ3) is 3.93. The van der Waals surface area contributed by atoms with Gasteiger partial charge < -0.3 is 9.47 Å². The first-order valence-electron chi connectivity index (χ1n) is 6.95. The Morgan fingerprint density at radius 3 is 2.67 bits per heavy atom. The van der Waals surface area contributed by atoms with E-state index in [1.165, 1.54) is 0 Å². The van der Waals surface area contributed by atoms with Gasteiger partial charge in [-0.3, -0.25) is 11.3 Å². The largest absolute Gasteiger partial charge is 0.494 e. The molecule has 0 radical (unpaired) electrons. The van der Waals surface area contributed by atoms with E-state index >= 15 is 0 Å². The summed E-state index contributed by atoms with van der Waals surface area (Å²) in [6, 6.07) is 11.7. The molecular weight excluding hydrogens is 266 g/mol. The summed E-state index contributed by atoms with van der Waals surface area (Å²) in [4.78, 5) is 4.21. The van der Waals surface area contributed by atoms with Crippen molar-refractivity contribution in [2.45, 2.75) is 19.4 Å². The minimum absolute atomic E-state index is 0.0389. The van der Waals surface area contributed by atoms with Gasteiger partial charge in [0, 0.05) is 17.8 Å². The highest BCUT2D eigenvalue weighted by Gasteiger charge is 2.15. The summed E-state index contributed by atoms with van der Waals surface area (Å²) in [5.41, 5.74) is 4.97. The number of aromatic nitrogens is 1. The van der Waals surface area contributed by atoms with Crippen molar-refractivity contribution in [3.8, 4) is 11.6 Å². The molecule has 0 aliphatic heterocycles. The molecule has 3 N–H and O–H groups in total. The van der Waals surface area contributed by atoms with E-state index < -0.39 is 0 Å². The SMILES string of the molecule is CCOc1ccccc1C(Cc1ccc(OC)nc1)NN. The maximum absolute atomic E-state index is 5.72. The Bertz CT molecular complexity index is 558. The summed E-state index contributed by atoms with van der Waals surface area (Å²) < 4.78 is 10.7. The van der Waals surface area contributed by atoms with Crippen LogP contribution in [0.3, 0.4) is 0 Å². The number of methoxy groups -OCH3 is 1. The molecule has 21 heavy (non-hydrogen) atoms. The van der Waals surface area contributed by atoms with Gasteiger partial charge >= 0.3 is 0 Å². The van der Waals surface area contributed by atoms with Crippen LogP contribution in [0.5, 0.6) is 11.6 Å². The second-order valence-corrected chi connectivity index (χ2v) is 4.60. The molecule has 1 aromatic carbocycles. The Kier molecular flexibility index (Phi) is 5.54. The summed E-state index contributed by atoms with van der Waals surface area (Å²) in [5, 5.41) is 0. The number of nitrogens with one attached hydrogen (secondary N) is 1. The summed E-state index contributed by atoms with van der Waals surface area (Å²) in [6.07, 6.45) is 2.52. The van der Waals surface area contributed by atoms with Crippen molar-refractivity contribution in [2.24, 2.45) is 5.84 Å². The van der Waals surface area contributed by atoms with Crippen LogP contribution in [0.25, 0.3) is 0 Å². The fraction of sp³-hybridized carbons (Fsp3) is 0.312. The molecule has 0 aliphatic rings. The van der Waals surface area contributed by atoms with E-state index in [4.69, 9.17) is 15.3 Å². The second-order valence-electron chi connectivity index (χ2n) is 4.60. The number of pyridine rings is 1. The maximum atomic E-state index is 5.72. The van der Waals surface area contributed by atoms with Gasteiger partial charge in [0.05, 0.1) is 19.8 Å². The lowest BCUT2D eigenvalue weighted by Gasteiger charge is -2.19. The number of hydrazine groups is 1. The quantitative estimate of drug-likeness (QED) is 0.604. The minimum atomic E-state index is -0.0389. The van der Waals surface area contributed by atoms with Gasteiger partial charge in [-0.05, 0) is 25.0 Å². The number of hydrogen-bond donors (Lipinski definition) is 2. The number of hydrogen-bond acceptors (Lipinski definition) is 5. The van der Waals surface area contributed by atoms with Crippen LogP contribution in [-0.2, 0) is 6.42 Å². The van der Waals surface area contributed by atoms with E-state index in [1.807, 2.05) is 43.3 Å².